The van der Waals surface area contributed by atoms with Crippen molar-refractivity contribution in [1.29, 1.82) is 0 Å². The van der Waals surface area contributed by atoms with Gasteiger partial charge in [0.15, 0.2) is 0 Å². The van der Waals surface area contributed by atoms with Gasteiger partial charge >= 0.3 is 0 Å². The molecule has 1 rings (SSSR count). The van der Waals surface area contributed by atoms with Crippen LogP contribution in [0.2, 0.25) is 0 Å². The third kappa shape index (κ3) is 5.25. The second-order valence-corrected chi connectivity index (χ2v) is 5.77. The molecule has 0 heterocycles. The normalized spacial score (nSPS) is 11.7. The smallest absolute Gasteiger partial charge is 0.210 e. The molecular weight excluding hydrogens is 224 g/mol. The summed E-state index contributed by atoms with van der Waals surface area (Å²) in [4.78, 5) is 0. The number of nitrogens with one attached hydrogen (secondary N) is 1. The number of hydrogen-bond donors (Lipinski definition) is 2. The summed E-state index contributed by atoms with van der Waals surface area (Å²) in [6, 6.07) is 6.27. The van der Waals surface area contributed by atoms with Gasteiger partial charge in [0.25, 0.3) is 0 Å². The molecule has 0 aromatic heterocycles. The molecule has 0 aliphatic carbocycles. The summed E-state index contributed by atoms with van der Waals surface area (Å²) in [5.74, 6) is -0.0300. The number of primary sulfonamides is 1. The van der Waals surface area contributed by atoms with Crippen LogP contribution in [0.15, 0.2) is 18.2 Å². The molecule has 0 atom stereocenters. The van der Waals surface area contributed by atoms with Gasteiger partial charge in [-0.1, -0.05) is 29.3 Å². The third-order valence-electron chi connectivity index (χ3n) is 2.17. The predicted octanol–water partition coefficient (Wildman–Crippen LogP) is 0.682. The molecule has 0 aliphatic rings. The van der Waals surface area contributed by atoms with E-state index in [9.17, 15) is 8.42 Å². The van der Waals surface area contributed by atoms with Crippen molar-refractivity contribution in [2.45, 2.75) is 20.4 Å². The lowest BCUT2D eigenvalue weighted by molar-refractivity contribution is 0.592. The standard InChI is InChI=1S/C11H18N2O2S/c1-9-5-10(2)7-11(6-9)8-13-3-4-16(12,14)15/h5-7,13H,3-4,8H2,1-2H3,(H2,12,14,15). The topological polar surface area (TPSA) is 72.2 Å². The van der Waals surface area contributed by atoms with Crippen LogP contribution in [0.3, 0.4) is 0 Å². The zero-order valence-electron chi connectivity index (χ0n) is 9.66. The fraction of sp³-hybridized carbons (Fsp3) is 0.455. The summed E-state index contributed by atoms with van der Waals surface area (Å²) in [5.41, 5.74) is 3.58. The molecule has 16 heavy (non-hydrogen) atoms. The highest BCUT2D eigenvalue weighted by molar-refractivity contribution is 7.89. The third-order valence-corrected chi connectivity index (χ3v) is 2.95. The quantitative estimate of drug-likeness (QED) is 0.746. The second-order valence-electron chi connectivity index (χ2n) is 4.04. The van der Waals surface area contributed by atoms with Crippen LogP contribution in [0.4, 0.5) is 0 Å². The van der Waals surface area contributed by atoms with Gasteiger partial charge in [-0.05, 0) is 19.4 Å². The first-order valence-corrected chi connectivity index (χ1v) is 6.87. The largest absolute Gasteiger partial charge is 0.312 e. The first-order chi connectivity index (χ1) is 7.37. The number of nitrogens with two attached hydrogens (primary N) is 1. The van der Waals surface area contributed by atoms with Crippen molar-refractivity contribution in [3.63, 3.8) is 0 Å². The number of aryl methyl sites for hydroxylation is 2. The van der Waals surface area contributed by atoms with Gasteiger partial charge in [0.05, 0.1) is 5.75 Å². The van der Waals surface area contributed by atoms with Crippen LogP contribution in [-0.4, -0.2) is 20.7 Å². The molecule has 3 N–H and O–H groups in total. The van der Waals surface area contributed by atoms with E-state index in [2.05, 4.69) is 23.5 Å². The minimum absolute atomic E-state index is 0.0300. The van der Waals surface area contributed by atoms with Crippen LogP contribution in [-0.2, 0) is 16.6 Å². The fourth-order valence-electron chi connectivity index (χ4n) is 1.62. The Balaban J connectivity index is 2.43. The fourth-order valence-corrected chi connectivity index (χ4v) is 2.05. The maximum Gasteiger partial charge on any atom is 0.210 e. The summed E-state index contributed by atoms with van der Waals surface area (Å²) in [6.45, 7) is 5.13. The summed E-state index contributed by atoms with van der Waals surface area (Å²) < 4.78 is 21.4. The molecule has 0 unspecified atom stereocenters. The summed E-state index contributed by atoms with van der Waals surface area (Å²) in [5, 5.41) is 7.95. The maximum atomic E-state index is 10.7. The molecular formula is C11H18N2O2S. The van der Waals surface area contributed by atoms with Crippen molar-refractivity contribution >= 4 is 10.0 Å². The lowest BCUT2D eigenvalue weighted by atomic mass is 10.1. The van der Waals surface area contributed by atoms with E-state index in [1.165, 1.54) is 11.1 Å². The van der Waals surface area contributed by atoms with Crippen molar-refractivity contribution < 1.29 is 8.42 Å². The van der Waals surface area contributed by atoms with E-state index in [0.717, 1.165) is 5.56 Å². The molecule has 0 aliphatic heterocycles. The average Bonchev–Trinajstić information content (AvgIpc) is 2.09. The van der Waals surface area contributed by atoms with Crippen LogP contribution >= 0.6 is 0 Å². The Morgan fingerprint density at radius 1 is 1.19 bits per heavy atom. The molecule has 4 nitrogen and oxygen atoms in total. The Bertz CT molecular complexity index is 435. The molecule has 0 fully saturated rings. The molecule has 0 saturated carbocycles. The van der Waals surface area contributed by atoms with Crippen LogP contribution < -0.4 is 10.5 Å². The molecule has 0 spiro atoms. The van der Waals surface area contributed by atoms with Gasteiger partial charge in [0.1, 0.15) is 0 Å². The average molecular weight is 242 g/mol. The van der Waals surface area contributed by atoms with Gasteiger partial charge in [-0.3, -0.25) is 0 Å². The number of benzene rings is 1. The lowest BCUT2D eigenvalue weighted by Crippen LogP contribution is -2.26. The molecule has 0 radical (unpaired) electrons. The van der Waals surface area contributed by atoms with Gasteiger partial charge in [0.2, 0.25) is 10.0 Å². The minimum atomic E-state index is -3.36. The Morgan fingerprint density at radius 2 is 1.75 bits per heavy atom. The van der Waals surface area contributed by atoms with E-state index in [4.69, 9.17) is 5.14 Å². The molecule has 0 saturated heterocycles. The highest BCUT2D eigenvalue weighted by Crippen LogP contribution is 2.08. The zero-order valence-corrected chi connectivity index (χ0v) is 10.5. The predicted molar refractivity (Wildman–Crippen MR) is 65.6 cm³/mol. The van der Waals surface area contributed by atoms with Crippen molar-refractivity contribution in [3.8, 4) is 0 Å². The molecule has 0 bridgehead atoms. The van der Waals surface area contributed by atoms with E-state index in [1.807, 2.05) is 13.8 Å². The molecule has 0 amide bonds. The van der Waals surface area contributed by atoms with Gasteiger partial charge in [-0.25, -0.2) is 13.6 Å². The maximum absolute atomic E-state index is 10.7. The SMILES string of the molecule is Cc1cc(C)cc(CNCCS(N)(=O)=O)c1. The molecule has 1 aromatic carbocycles. The van der Waals surface area contributed by atoms with E-state index >= 15 is 0 Å². The summed E-state index contributed by atoms with van der Waals surface area (Å²) in [6.07, 6.45) is 0. The van der Waals surface area contributed by atoms with E-state index in [-0.39, 0.29) is 5.75 Å². The van der Waals surface area contributed by atoms with E-state index < -0.39 is 10.0 Å². The molecule has 1 aromatic rings. The summed E-state index contributed by atoms with van der Waals surface area (Å²) in [7, 11) is -3.36. The van der Waals surface area contributed by atoms with Crippen LogP contribution in [0.25, 0.3) is 0 Å². The van der Waals surface area contributed by atoms with Crippen molar-refractivity contribution in [2.24, 2.45) is 5.14 Å². The minimum Gasteiger partial charge on any atom is -0.312 e. The van der Waals surface area contributed by atoms with Gasteiger partial charge < -0.3 is 5.32 Å². The number of rotatable bonds is 5. The number of hydrogen-bond acceptors (Lipinski definition) is 3. The van der Waals surface area contributed by atoms with Crippen LogP contribution in [0, 0.1) is 13.8 Å². The lowest BCUT2D eigenvalue weighted by Gasteiger charge is -2.06. The van der Waals surface area contributed by atoms with Gasteiger partial charge in [0, 0.05) is 13.1 Å². The molecule has 5 heteroatoms. The van der Waals surface area contributed by atoms with Crippen molar-refractivity contribution in [1.82, 2.24) is 5.32 Å². The Morgan fingerprint density at radius 3 is 2.25 bits per heavy atom. The van der Waals surface area contributed by atoms with Gasteiger partial charge in [-0.15, -0.1) is 0 Å². The monoisotopic (exact) mass is 242 g/mol. The highest BCUT2D eigenvalue weighted by Gasteiger charge is 2.01. The molecule has 90 valence electrons. The second kappa shape index (κ2) is 5.43. The van der Waals surface area contributed by atoms with Gasteiger partial charge in [-0.2, -0.15) is 0 Å². The first kappa shape index (κ1) is 13.2. The number of sulfonamides is 1. The van der Waals surface area contributed by atoms with Crippen LogP contribution in [0.1, 0.15) is 16.7 Å². The van der Waals surface area contributed by atoms with Crippen molar-refractivity contribution in [3.05, 3.63) is 34.9 Å². The van der Waals surface area contributed by atoms with Crippen LogP contribution in [0.5, 0.6) is 0 Å². The first-order valence-electron chi connectivity index (χ1n) is 5.15. The Kier molecular flexibility index (Phi) is 4.46. The summed E-state index contributed by atoms with van der Waals surface area (Å²) >= 11 is 0. The Hall–Kier alpha value is -0.910. The van der Waals surface area contributed by atoms with Crippen molar-refractivity contribution in [2.75, 3.05) is 12.3 Å². The highest BCUT2D eigenvalue weighted by atomic mass is 32.2. The Labute approximate surface area is 96.9 Å². The van der Waals surface area contributed by atoms with E-state index in [1.54, 1.807) is 0 Å². The van der Waals surface area contributed by atoms with E-state index in [0.29, 0.717) is 13.1 Å². The zero-order chi connectivity index (χ0) is 12.2.